The molecular formula is C16H22N4O2. The van der Waals surface area contributed by atoms with Crippen molar-refractivity contribution in [1.82, 2.24) is 20.5 Å². The van der Waals surface area contributed by atoms with Gasteiger partial charge in [0.15, 0.2) is 0 Å². The molecule has 0 saturated carbocycles. The first-order valence-corrected chi connectivity index (χ1v) is 7.19. The van der Waals surface area contributed by atoms with Gasteiger partial charge in [-0.2, -0.15) is 0 Å². The highest BCUT2D eigenvalue weighted by atomic mass is 16.3. The largest absolute Gasteiger partial charge is 0.468 e. The molecule has 2 heterocycles. The predicted octanol–water partition coefficient (Wildman–Crippen LogP) is 2.09. The zero-order chi connectivity index (χ0) is 15.9. The molecule has 2 aromatic heterocycles. The van der Waals surface area contributed by atoms with E-state index >= 15 is 0 Å². The van der Waals surface area contributed by atoms with Crippen LogP contribution in [0.15, 0.2) is 41.1 Å². The molecule has 2 amide bonds. The van der Waals surface area contributed by atoms with Crippen molar-refractivity contribution in [2.45, 2.75) is 19.5 Å². The van der Waals surface area contributed by atoms with Crippen LogP contribution in [-0.2, 0) is 6.54 Å². The van der Waals surface area contributed by atoms with Gasteiger partial charge < -0.3 is 15.1 Å². The summed E-state index contributed by atoms with van der Waals surface area (Å²) in [5, 5.41) is 5.68. The third kappa shape index (κ3) is 4.60. The summed E-state index contributed by atoms with van der Waals surface area (Å²) in [5.41, 5.74) is 1.93. The number of pyridine rings is 1. The number of nitrogens with one attached hydrogen (secondary N) is 2. The number of carbonyl (C=O) groups is 1. The number of carbonyl (C=O) groups excluding carboxylic acids is 1. The van der Waals surface area contributed by atoms with E-state index in [4.69, 9.17) is 4.42 Å². The second-order valence-corrected chi connectivity index (χ2v) is 5.37. The number of aromatic nitrogens is 1. The molecule has 2 aromatic rings. The van der Waals surface area contributed by atoms with Gasteiger partial charge in [0.25, 0.3) is 0 Å². The van der Waals surface area contributed by atoms with Gasteiger partial charge in [0.2, 0.25) is 0 Å². The van der Waals surface area contributed by atoms with Crippen LogP contribution in [0.5, 0.6) is 0 Å². The summed E-state index contributed by atoms with van der Waals surface area (Å²) in [5.74, 6) is 0.827. The molecular weight excluding hydrogens is 280 g/mol. The summed E-state index contributed by atoms with van der Waals surface area (Å²) in [4.78, 5) is 18.1. The quantitative estimate of drug-likeness (QED) is 0.857. The van der Waals surface area contributed by atoms with Crippen LogP contribution < -0.4 is 10.6 Å². The van der Waals surface area contributed by atoms with Crippen molar-refractivity contribution in [3.05, 3.63) is 53.7 Å². The summed E-state index contributed by atoms with van der Waals surface area (Å²) in [6.45, 7) is 2.85. The van der Waals surface area contributed by atoms with Gasteiger partial charge >= 0.3 is 6.03 Å². The zero-order valence-corrected chi connectivity index (χ0v) is 13.2. The number of hydrogen-bond acceptors (Lipinski definition) is 4. The van der Waals surface area contributed by atoms with Gasteiger partial charge in [0.05, 0.1) is 12.3 Å². The number of urea groups is 1. The van der Waals surface area contributed by atoms with Gasteiger partial charge in [-0.1, -0.05) is 6.07 Å². The minimum Gasteiger partial charge on any atom is -0.468 e. The molecule has 1 atom stereocenters. The maximum Gasteiger partial charge on any atom is 0.315 e. The Morgan fingerprint density at radius 2 is 2.14 bits per heavy atom. The van der Waals surface area contributed by atoms with Crippen LogP contribution in [0.3, 0.4) is 0 Å². The average Bonchev–Trinajstić information content (AvgIpc) is 3.00. The molecule has 0 radical (unpaired) electrons. The summed E-state index contributed by atoms with van der Waals surface area (Å²) < 4.78 is 5.41. The molecule has 1 unspecified atom stereocenters. The van der Waals surface area contributed by atoms with Crippen molar-refractivity contribution in [3.63, 3.8) is 0 Å². The first-order valence-electron chi connectivity index (χ1n) is 7.19. The van der Waals surface area contributed by atoms with Crippen molar-refractivity contribution in [1.29, 1.82) is 0 Å². The maximum atomic E-state index is 11.9. The molecule has 0 bridgehead atoms. The fraction of sp³-hybridized carbons (Fsp3) is 0.375. The van der Waals surface area contributed by atoms with E-state index in [2.05, 4.69) is 15.6 Å². The number of amides is 2. The van der Waals surface area contributed by atoms with Crippen LogP contribution >= 0.6 is 0 Å². The number of hydrogen-bond donors (Lipinski definition) is 2. The van der Waals surface area contributed by atoms with E-state index < -0.39 is 0 Å². The molecule has 0 aliphatic carbocycles. The number of furan rings is 1. The Morgan fingerprint density at radius 1 is 1.32 bits per heavy atom. The van der Waals surface area contributed by atoms with E-state index in [0.717, 1.165) is 17.0 Å². The zero-order valence-electron chi connectivity index (χ0n) is 13.2. The van der Waals surface area contributed by atoms with Gasteiger partial charge in [-0.3, -0.25) is 9.88 Å². The van der Waals surface area contributed by atoms with Crippen LogP contribution in [0.1, 0.15) is 23.1 Å². The molecule has 0 saturated heterocycles. The smallest absolute Gasteiger partial charge is 0.315 e. The van der Waals surface area contributed by atoms with Gasteiger partial charge in [-0.15, -0.1) is 0 Å². The monoisotopic (exact) mass is 302 g/mol. The highest BCUT2D eigenvalue weighted by molar-refractivity contribution is 5.73. The van der Waals surface area contributed by atoms with E-state index in [0.29, 0.717) is 13.1 Å². The fourth-order valence-electron chi connectivity index (χ4n) is 2.06. The number of aryl methyl sites for hydroxylation is 1. The Morgan fingerprint density at radius 3 is 2.73 bits per heavy atom. The van der Waals surface area contributed by atoms with Gasteiger partial charge in [0, 0.05) is 25.0 Å². The van der Waals surface area contributed by atoms with Crippen LogP contribution in [-0.4, -0.2) is 36.6 Å². The van der Waals surface area contributed by atoms with Crippen molar-refractivity contribution in [2.75, 3.05) is 20.6 Å². The summed E-state index contributed by atoms with van der Waals surface area (Å²) in [6.07, 6.45) is 3.40. The molecule has 2 N–H and O–H groups in total. The van der Waals surface area contributed by atoms with Gasteiger partial charge in [-0.25, -0.2) is 4.79 Å². The minimum atomic E-state index is -0.209. The summed E-state index contributed by atoms with van der Waals surface area (Å²) in [7, 11) is 3.90. The van der Waals surface area contributed by atoms with Gasteiger partial charge in [-0.05, 0) is 44.8 Å². The molecule has 2 rings (SSSR count). The Hall–Kier alpha value is -2.34. The molecule has 22 heavy (non-hydrogen) atoms. The standard InChI is InChI=1S/C16H22N4O2/c1-12-6-7-13(9-17-12)10-18-16(21)19-11-14(20(2)3)15-5-4-8-22-15/h4-9,14H,10-11H2,1-3H3,(H2,18,19,21). The highest BCUT2D eigenvalue weighted by Gasteiger charge is 2.17. The van der Waals surface area contributed by atoms with E-state index in [1.54, 1.807) is 12.5 Å². The third-order valence-electron chi connectivity index (χ3n) is 3.38. The number of likely N-dealkylation sites (N-methyl/N-ethyl adjacent to an activating group) is 1. The number of nitrogens with zero attached hydrogens (tertiary/aromatic N) is 2. The molecule has 0 aromatic carbocycles. The molecule has 6 heteroatoms. The molecule has 118 valence electrons. The summed E-state index contributed by atoms with van der Waals surface area (Å²) in [6, 6.07) is 7.42. The third-order valence-corrected chi connectivity index (χ3v) is 3.38. The normalized spacial score (nSPS) is 12.2. The van der Waals surface area contributed by atoms with Crippen LogP contribution in [0.4, 0.5) is 4.79 Å². The lowest BCUT2D eigenvalue weighted by Gasteiger charge is -2.22. The van der Waals surface area contributed by atoms with Crippen molar-refractivity contribution in [3.8, 4) is 0 Å². The second-order valence-electron chi connectivity index (χ2n) is 5.37. The second kappa shape index (κ2) is 7.61. The Balaban J connectivity index is 1.80. The molecule has 6 nitrogen and oxygen atoms in total. The lowest BCUT2D eigenvalue weighted by molar-refractivity contribution is 0.225. The topological polar surface area (TPSA) is 70.4 Å². The molecule has 0 fully saturated rings. The van der Waals surface area contributed by atoms with Crippen molar-refractivity contribution >= 4 is 6.03 Å². The average molecular weight is 302 g/mol. The Bertz CT molecular complexity index is 579. The lowest BCUT2D eigenvalue weighted by atomic mass is 10.2. The predicted molar refractivity (Wildman–Crippen MR) is 84.3 cm³/mol. The summed E-state index contributed by atoms with van der Waals surface area (Å²) >= 11 is 0. The molecule has 0 aliphatic heterocycles. The highest BCUT2D eigenvalue weighted by Crippen LogP contribution is 2.17. The van der Waals surface area contributed by atoms with Crippen molar-refractivity contribution in [2.24, 2.45) is 0 Å². The fourth-order valence-corrected chi connectivity index (χ4v) is 2.06. The van der Waals surface area contributed by atoms with E-state index in [1.807, 2.05) is 50.2 Å². The maximum absolute atomic E-state index is 11.9. The van der Waals surface area contributed by atoms with Gasteiger partial charge in [0.1, 0.15) is 5.76 Å². The molecule has 0 spiro atoms. The first kappa shape index (κ1) is 16.0. The lowest BCUT2D eigenvalue weighted by Crippen LogP contribution is -2.40. The molecule has 0 aliphatic rings. The van der Waals surface area contributed by atoms with Crippen molar-refractivity contribution < 1.29 is 9.21 Å². The number of rotatable bonds is 6. The van der Waals surface area contributed by atoms with E-state index in [9.17, 15) is 4.79 Å². The minimum absolute atomic E-state index is 0.00166. The van der Waals surface area contributed by atoms with Crippen LogP contribution in [0.25, 0.3) is 0 Å². The Kier molecular flexibility index (Phi) is 5.55. The van der Waals surface area contributed by atoms with E-state index in [1.165, 1.54) is 0 Å². The van der Waals surface area contributed by atoms with E-state index in [-0.39, 0.29) is 12.1 Å². The van der Waals surface area contributed by atoms with Crippen LogP contribution in [0.2, 0.25) is 0 Å². The van der Waals surface area contributed by atoms with Crippen LogP contribution in [0, 0.1) is 6.92 Å². The SMILES string of the molecule is Cc1ccc(CNC(=O)NCC(c2ccco2)N(C)C)cn1. The Labute approximate surface area is 130 Å². The first-order chi connectivity index (χ1) is 10.6.